The Labute approximate surface area is 118 Å². The topological polar surface area (TPSA) is 64.6 Å². The summed E-state index contributed by atoms with van der Waals surface area (Å²) in [6, 6.07) is 5.74. The lowest BCUT2D eigenvalue weighted by atomic mass is 10.1. The molecule has 0 unspecified atom stereocenters. The standard InChI is InChI=1S/C15H19NO4/c1-10-5-6-12(11(2)8-10)16-14(17)9-20-15(18)13-4-3-7-19-13/h5-6,8,13H,3-4,7,9H2,1-2H3,(H,16,17)/t13-/m1/s1. The number of aryl methyl sites for hydroxylation is 2. The van der Waals surface area contributed by atoms with Crippen LogP contribution >= 0.6 is 0 Å². The number of amides is 1. The molecule has 1 aliphatic rings. The first kappa shape index (κ1) is 14.5. The smallest absolute Gasteiger partial charge is 0.335 e. The fraction of sp³-hybridized carbons (Fsp3) is 0.467. The maximum absolute atomic E-state index is 11.7. The van der Waals surface area contributed by atoms with Crippen molar-refractivity contribution < 1.29 is 19.1 Å². The van der Waals surface area contributed by atoms with E-state index in [1.54, 1.807) is 0 Å². The summed E-state index contributed by atoms with van der Waals surface area (Å²) in [7, 11) is 0. The summed E-state index contributed by atoms with van der Waals surface area (Å²) in [4.78, 5) is 23.3. The molecule has 108 valence electrons. The zero-order valence-corrected chi connectivity index (χ0v) is 11.8. The van der Waals surface area contributed by atoms with Crippen molar-refractivity contribution in [2.45, 2.75) is 32.8 Å². The zero-order valence-electron chi connectivity index (χ0n) is 11.8. The van der Waals surface area contributed by atoms with E-state index in [2.05, 4.69) is 5.32 Å². The van der Waals surface area contributed by atoms with Crippen LogP contribution in [0.4, 0.5) is 5.69 Å². The molecule has 2 rings (SSSR count). The van der Waals surface area contributed by atoms with Crippen molar-refractivity contribution in [2.75, 3.05) is 18.5 Å². The van der Waals surface area contributed by atoms with Crippen molar-refractivity contribution in [3.8, 4) is 0 Å². The lowest BCUT2D eigenvalue weighted by Crippen LogP contribution is -2.27. The Morgan fingerprint density at radius 3 is 2.85 bits per heavy atom. The van der Waals surface area contributed by atoms with E-state index in [1.165, 1.54) is 0 Å². The Morgan fingerprint density at radius 2 is 2.20 bits per heavy atom. The average molecular weight is 277 g/mol. The van der Waals surface area contributed by atoms with Gasteiger partial charge in [0.2, 0.25) is 0 Å². The second kappa shape index (κ2) is 6.52. The molecule has 1 aromatic carbocycles. The maximum atomic E-state index is 11.7. The normalized spacial score (nSPS) is 17.8. The van der Waals surface area contributed by atoms with E-state index in [9.17, 15) is 9.59 Å². The van der Waals surface area contributed by atoms with Crippen LogP contribution in [0, 0.1) is 13.8 Å². The van der Waals surface area contributed by atoms with Crippen LogP contribution in [0.15, 0.2) is 18.2 Å². The van der Waals surface area contributed by atoms with Crippen molar-refractivity contribution in [3.05, 3.63) is 29.3 Å². The first-order chi connectivity index (χ1) is 9.56. The number of anilines is 1. The van der Waals surface area contributed by atoms with Gasteiger partial charge in [0.25, 0.3) is 5.91 Å². The van der Waals surface area contributed by atoms with E-state index in [1.807, 2.05) is 32.0 Å². The number of nitrogens with one attached hydrogen (secondary N) is 1. The molecule has 1 amide bonds. The largest absolute Gasteiger partial charge is 0.454 e. The Bertz CT molecular complexity index is 507. The first-order valence-electron chi connectivity index (χ1n) is 6.71. The van der Waals surface area contributed by atoms with Crippen LogP contribution in [0.5, 0.6) is 0 Å². The second-order valence-corrected chi connectivity index (χ2v) is 4.98. The molecule has 1 saturated heterocycles. The molecule has 1 aliphatic heterocycles. The number of carbonyl (C=O) groups excluding carboxylic acids is 2. The molecule has 0 bridgehead atoms. The fourth-order valence-corrected chi connectivity index (χ4v) is 2.13. The van der Waals surface area contributed by atoms with Crippen molar-refractivity contribution >= 4 is 17.6 Å². The van der Waals surface area contributed by atoms with Crippen molar-refractivity contribution in [3.63, 3.8) is 0 Å². The van der Waals surface area contributed by atoms with E-state index < -0.39 is 12.1 Å². The van der Waals surface area contributed by atoms with Crippen LogP contribution in [0.3, 0.4) is 0 Å². The highest BCUT2D eigenvalue weighted by Gasteiger charge is 2.25. The summed E-state index contributed by atoms with van der Waals surface area (Å²) in [5, 5.41) is 2.73. The fourth-order valence-electron chi connectivity index (χ4n) is 2.13. The lowest BCUT2D eigenvalue weighted by molar-refractivity contribution is -0.156. The van der Waals surface area contributed by atoms with Crippen LogP contribution in [-0.4, -0.2) is 31.2 Å². The molecular weight excluding hydrogens is 258 g/mol. The Hall–Kier alpha value is -1.88. The summed E-state index contributed by atoms with van der Waals surface area (Å²) < 4.78 is 10.1. The lowest BCUT2D eigenvalue weighted by Gasteiger charge is -2.11. The molecule has 0 aliphatic carbocycles. The molecule has 20 heavy (non-hydrogen) atoms. The van der Waals surface area contributed by atoms with Gasteiger partial charge in [0, 0.05) is 12.3 Å². The molecule has 1 aromatic rings. The molecule has 1 atom stereocenters. The predicted octanol–water partition coefficient (Wildman–Crippen LogP) is 1.96. The van der Waals surface area contributed by atoms with E-state index in [0.717, 1.165) is 23.2 Å². The van der Waals surface area contributed by atoms with Gasteiger partial charge in [-0.05, 0) is 38.3 Å². The maximum Gasteiger partial charge on any atom is 0.335 e. The molecule has 0 spiro atoms. The SMILES string of the molecule is Cc1ccc(NC(=O)COC(=O)[C@H]2CCCO2)c(C)c1. The third-order valence-electron chi connectivity index (χ3n) is 3.19. The van der Waals surface area contributed by atoms with Crippen LogP contribution in [-0.2, 0) is 19.1 Å². The van der Waals surface area contributed by atoms with Gasteiger partial charge in [-0.25, -0.2) is 4.79 Å². The summed E-state index contributed by atoms with van der Waals surface area (Å²) in [6.07, 6.45) is 1.01. The van der Waals surface area contributed by atoms with Gasteiger partial charge < -0.3 is 14.8 Å². The molecule has 0 saturated carbocycles. The number of rotatable bonds is 4. The van der Waals surface area contributed by atoms with Crippen molar-refractivity contribution in [1.29, 1.82) is 0 Å². The summed E-state index contributed by atoms with van der Waals surface area (Å²) in [6.45, 7) is 4.20. The predicted molar refractivity (Wildman–Crippen MR) is 74.5 cm³/mol. The molecule has 1 heterocycles. The number of benzene rings is 1. The van der Waals surface area contributed by atoms with Gasteiger partial charge in [-0.3, -0.25) is 4.79 Å². The van der Waals surface area contributed by atoms with E-state index in [-0.39, 0.29) is 12.5 Å². The quantitative estimate of drug-likeness (QED) is 0.854. The minimum Gasteiger partial charge on any atom is -0.454 e. The monoisotopic (exact) mass is 277 g/mol. The van der Waals surface area contributed by atoms with Gasteiger partial charge in [0.1, 0.15) is 0 Å². The third-order valence-corrected chi connectivity index (χ3v) is 3.19. The Balaban J connectivity index is 1.81. The minimum absolute atomic E-state index is 0.286. The molecule has 1 N–H and O–H groups in total. The number of carbonyl (C=O) groups is 2. The molecular formula is C15H19NO4. The van der Waals surface area contributed by atoms with Gasteiger partial charge in [-0.2, -0.15) is 0 Å². The summed E-state index contributed by atoms with van der Waals surface area (Å²) in [5.74, 6) is -0.804. The third kappa shape index (κ3) is 3.81. The highest BCUT2D eigenvalue weighted by atomic mass is 16.6. The molecule has 0 radical (unpaired) electrons. The van der Waals surface area contributed by atoms with Crippen molar-refractivity contribution in [2.24, 2.45) is 0 Å². The Morgan fingerprint density at radius 1 is 1.40 bits per heavy atom. The average Bonchev–Trinajstić information content (AvgIpc) is 2.93. The molecule has 5 nitrogen and oxygen atoms in total. The number of hydrogen-bond acceptors (Lipinski definition) is 4. The van der Waals surface area contributed by atoms with Gasteiger partial charge in [-0.15, -0.1) is 0 Å². The van der Waals surface area contributed by atoms with Gasteiger partial charge in [-0.1, -0.05) is 17.7 Å². The Kier molecular flexibility index (Phi) is 4.74. The van der Waals surface area contributed by atoms with E-state index in [4.69, 9.17) is 9.47 Å². The second-order valence-electron chi connectivity index (χ2n) is 4.98. The van der Waals surface area contributed by atoms with Crippen LogP contribution in [0.25, 0.3) is 0 Å². The van der Waals surface area contributed by atoms with E-state index >= 15 is 0 Å². The first-order valence-corrected chi connectivity index (χ1v) is 6.71. The molecule has 0 aromatic heterocycles. The van der Waals surface area contributed by atoms with Gasteiger partial charge in [0.15, 0.2) is 12.7 Å². The summed E-state index contributed by atoms with van der Waals surface area (Å²) >= 11 is 0. The van der Waals surface area contributed by atoms with Crippen LogP contribution < -0.4 is 5.32 Å². The number of ether oxygens (including phenoxy) is 2. The molecule has 5 heteroatoms. The summed E-state index contributed by atoms with van der Waals surface area (Å²) in [5.41, 5.74) is 2.84. The number of hydrogen-bond donors (Lipinski definition) is 1. The number of esters is 1. The zero-order chi connectivity index (χ0) is 14.5. The van der Waals surface area contributed by atoms with E-state index in [0.29, 0.717) is 13.0 Å². The minimum atomic E-state index is -0.510. The van der Waals surface area contributed by atoms with Gasteiger partial charge in [0.05, 0.1) is 0 Å². The van der Waals surface area contributed by atoms with Gasteiger partial charge >= 0.3 is 5.97 Å². The highest BCUT2D eigenvalue weighted by molar-refractivity contribution is 5.93. The molecule has 1 fully saturated rings. The van der Waals surface area contributed by atoms with Crippen LogP contribution in [0.2, 0.25) is 0 Å². The van der Waals surface area contributed by atoms with Crippen molar-refractivity contribution in [1.82, 2.24) is 0 Å². The highest BCUT2D eigenvalue weighted by Crippen LogP contribution is 2.16. The van der Waals surface area contributed by atoms with Crippen LogP contribution in [0.1, 0.15) is 24.0 Å².